The minimum absolute atomic E-state index is 0.0130. The Morgan fingerprint density at radius 2 is 2.28 bits per heavy atom. The van der Waals surface area contributed by atoms with Crippen molar-refractivity contribution in [2.75, 3.05) is 19.7 Å². The van der Waals surface area contributed by atoms with Crippen molar-refractivity contribution in [1.29, 1.82) is 0 Å². The lowest BCUT2D eigenvalue weighted by Gasteiger charge is -2.22. The minimum Gasteiger partial charge on any atom is -0.376 e. The molecule has 7 nitrogen and oxygen atoms in total. The fourth-order valence-corrected chi connectivity index (χ4v) is 3.47. The standard InChI is InChI=1S/C17H20BrN3O4/c1-17(11-4-2-5-12(18)8-11)15(23)21(16(24)20-17)10-14(22)19-9-13-6-3-7-25-13/h2,4-5,8,13H,3,6-7,9-10H2,1H3,(H,19,22)(H,20,24)/t13-,17+/m0/s1. The number of carbonyl (C=O) groups is 3. The molecule has 0 unspecified atom stereocenters. The first-order valence-electron chi connectivity index (χ1n) is 8.18. The van der Waals surface area contributed by atoms with Gasteiger partial charge in [-0.2, -0.15) is 0 Å². The van der Waals surface area contributed by atoms with E-state index in [2.05, 4.69) is 26.6 Å². The van der Waals surface area contributed by atoms with Crippen LogP contribution in [0.4, 0.5) is 4.79 Å². The van der Waals surface area contributed by atoms with Gasteiger partial charge in [-0.3, -0.25) is 14.5 Å². The molecule has 0 radical (unpaired) electrons. The Bertz CT molecular complexity index is 705. The lowest BCUT2D eigenvalue weighted by molar-refractivity contribution is -0.134. The molecule has 0 bridgehead atoms. The van der Waals surface area contributed by atoms with E-state index >= 15 is 0 Å². The van der Waals surface area contributed by atoms with Crippen molar-refractivity contribution in [3.8, 4) is 0 Å². The smallest absolute Gasteiger partial charge is 0.325 e. The largest absolute Gasteiger partial charge is 0.376 e. The van der Waals surface area contributed by atoms with E-state index in [0.717, 1.165) is 22.2 Å². The van der Waals surface area contributed by atoms with Gasteiger partial charge < -0.3 is 15.4 Å². The van der Waals surface area contributed by atoms with Gasteiger partial charge in [0.1, 0.15) is 12.1 Å². The maximum atomic E-state index is 12.8. The fraction of sp³-hybridized carbons (Fsp3) is 0.471. The SMILES string of the molecule is C[C@]1(c2cccc(Br)c2)NC(=O)N(CC(=O)NC[C@@H]2CCCO2)C1=O. The average molecular weight is 410 g/mol. The molecule has 0 saturated carbocycles. The lowest BCUT2D eigenvalue weighted by atomic mass is 9.92. The molecule has 2 heterocycles. The molecule has 1 aromatic carbocycles. The molecule has 4 amide bonds. The van der Waals surface area contributed by atoms with E-state index in [0.29, 0.717) is 18.7 Å². The Morgan fingerprint density at radius 1 is 1.48 bits per heavy atom. The highest BCUT2D eigenvalue weighted by Gasteiger charge is 2.49. The van der Waals surface area contributed by atoms with Crippen LogP contribution in [-0.4, -0.2) is 48.5 Å². The van der Waals surface area contributed by atoms with E-state index in [1.807, 2.05) is 6.07 Å². The summed E-state index contributed by atoms with van der Waals surface area (Å²) in [6.45, 7) is 2.43. The molecular weight excluding hydrogens is 390 g/mol. The molecule has 1 aromatic rings. The summed E-state index contributed by atoms with van der Waals surface area (Å²) in [6, 6.07) is 6.61. The van der Waals surface area contributed by atoms with Crippen molar-refractivity contribution in [1.82, 2.24) is 15.5 Å². The van der Waals surface area contributed by atoms with Crippen LogP contribution in [-0.2, 0) is 19.9 Å². The zero-order valence-electron chi connectivity index (χ0n) is 13.9. The molecule has 0 spiro atoms. The summed E-state index contributed by atoms with van der Waals surface area (Å²) in [4.78, 5) is 38.1. The second-order valence-corrected chi connectivity index (χ2v) is 7.31. The Kier molecular flexibility index (Phi) is 5.10. The highest BCUT2D eigenvalue weighted by Crippen LogP contribution is 2.30. The first-order chi connectivity index (χ1) is 11.9. The summed E-state index contributed by atoms with van der Waals surface area (Å²) in [7, 11) is 0. The van der Waals surface area contributed by atoms with E-state index in [-0.39, 0.29) is 18.6 Å². The number of halogens is 1. The summed E-state index contributed by atoms with van der Waals surface area (Å²) >= 11 is 3.36. The molecule has 8 heteroatoms. The number of benzene rings is 1. The Morgan fingerprint density at radius 3 is 2.96 bits per heavy atom. The number of ether oxygens (including phenoxy) is 1. The molecule has 2 fully saturated rings. The highest BCUT2D eigenvalue weighted by atomic mass is 79.9. The van der Waals surface area contributed by atoms with Gasteiger partial charge in [-0.1, -0.05) is 28.1 Å². The third kappa shape index (κ3) is 3.69. The number of urea groups is 1. The number of nitrogens with one attached hydrogen (secondary N) is 2. The molecule has 0 aromatic heterocycles. The quantitative estimate of drug-likeness (QED) is 0.721. The maximum absolute atomic E-state index is 12.8. The van der Waals surface area contributed by atoms with E-state index in [1.165, 1.54) is 0 Å². The van der Waals surface area contributed by atoms with Crippen molar-refractivity contribution in [3.63, 3.8) is 0 Å². The molecule has 2 aliphatic rings. The Labute approximate surface area is 154 Å². The van der Waals surface area contributed by atoms with Crippen LogP contribution in [0.15, 0.2) is 28.7 Å². The lowest BCUT2D eigenvalue weighted by Crippen LogP contribution is -2.44. The van der Waals surface area contributed by atoms with Gasteiger partial charge >= 0.3 is 6.03 Å². The van der Waals surface area contributed by atoms with Gasteiger partial charge in [0.2, 0.25) is 5.91 Å². The number of imide groups is 1. The van der Waals surface area contributed by atoms with Gasteiger partial charge in [-0.15, -0.1) is 0 Å². The average Bonchev–Trinajstić information content (AvgIpc) is 3.16. The summed E-state index contributed by atoms with van der Waals surface area (Å²) in [5.74, 6) is -0.819. The maximum Gasteiger partial charge on any atom is 0.325 e. The van der Waals surface area contributed by atoms with Gasteiger partial charge in [-0.05, 0) is 37.5 Å². The normalized spacial score (nSPS) is 26.0. The first kappa shape index (κ1) is 17.9. The van der Waals surface area contributed by atoms with Crippen molar-refractivity contribution < 1.29 is 19.1 Å². The number of carbonyl (C=O) groups excluding carboxylic acids is 3. The van der Waals surface area contributed by atoms with Gasteiger partial charge in [-0.25, -0.2) is 4.79 Å². The molecule has 3 rings (SSSR count). The van der Waals surface area contributed by atoms with E-state index < -0.39 is 17.5 Å². The summed E-state index contributed by atoms with van der Waals surface area (Å²) in [6.07, 6.45) is 1.90. The molecular formula is C17H20BrN3O4. The number of hydrogen-bond acceptors (Lipinski definition) is 4. The van der Waals surface area contributed by atoms with Crippen LogP contribution in [0.1, 0.15) is 25.3 Å². The molecule has 2 saturated heterocycles. The molecule has 25 heavy (non-hydrogen) atoms. The topological polar surface area (TPSA) is 87.7 Å². The van der Waals surface area contributed by atoms with Crippen LogP contribution in [0.5, 0.6) is 0 Å². The number of nitrogens with zero attached hydrogens (tertiary/aromatic N) is 1. The Balaban J connectivity index is 1.65. The van der Waals surface area contributed by atoms with Crippen LogP contribution in [0, 0.1) is 0 Å². The number of rotatable bonds is 5. The van der Waals surface area contributed by atoms with E-state index in [1.54, 1.807) is 25.1 Å². The zero-order valence-corrected chi connectivity index (χ0v) is 15.5. The van der Waals surface area contributed by atoms with Crippen LogP contribution in [0.2, 0.25) is 0 Å². The second-order valence-electron chi connectivity index (χ2n) is 6.40. The second kappa shape index (κ2) is 7.13. The third-order valence-electron chi connectivity index (χ3n) is 4.53. The molecule has 2 atom stereocenters. The van der Waals surface area contributed by atoms with E-state index in [9.17, 15) is 14.4 Å². The van der Waals surface area contributed by atoms with E-state index in [4.69, 9.17) is 4.74 Å². The highest BCUT2D eigenvalue weighted by molar-refractivity contribution is 9.10. The fourth-order valence-electron chi connectivity index (χ4n) is 3.07. The van der Waals surface area contributed by atoms with Crippen LogP contribution in [0.3, 0.4) is 0 Å². The summed E-state index contributed by atoms with van der Waals surface area (Å²) in [5.41, 5.74) is -0.530. The van der Waals surface area contributed by atoms with Crippen LogP contribution < -0.4 is 10.6 Å². The molecule has 134 valence electrons. The van der Waals surface area contributed by atoms with Gasteiger partial charge in [0, 0.05) is 17.6 Å². The van der Waals surface area contributed by atoms with Gasteiger partial charge in [0.05, 0.1) is 6.10 Å². The summed E-state index contributed by atoms with van der Waals surface area (Å²) < 4.78 is 6.25. The van der Waals surface area contributed by atoms with Crippen molar-refractivity contribution in [2.45, 2.75) is 31.4 Å². The monoisotopic (exact) mass is 409 g/mol. The predicted molar refractivity (Wildman–Crippen MR) is 93.7 cm³/mol. The predicted octanol–water partition coefficient (Wildman–Crippen LogP) is 1.51. The van der Waals surface area contributed by atoms with Crippen molar-refractivity contribution >= 4 is 33.8 Å². The van der Waals surface area contributed by atoms with Crippen molar-refractivity contribution in [2.24, 2.45) is 0 Å². The number of amides is 4. The van der Waals surface area contributed by atoms with Gasteiger partial charge in [0.25, 0.3) is 5.91 Å². The van der Waals surface area contributed by atoms with Crippen LogP contribution >= 0.6 is 15.9 Å². The Hall–Kier alpha value is -1.93. The first-order valence-corrected chi connectivity index (χ1v) is 8.98. The minimum atomic E-state index is -1.18. The van der Waals surface area contributed by atoms with Crippen molar-refractivity contribution in [3.05, 3.63) is 34.3 Å². The molecule has 2 aliphatic heterocycles. The molecule has 2 N–H and O–H groups in total. The number of hydrogen-bond donors (Lipinski definition) is 2. The summed E-state index contributed by atoms with van der Waals surface area (Å²) in [5, 5.41) is 5.41. The van der Waals surface area contributed by atoms with Gasteiger partial charge in [0.15, 0.2) is 0 Å². The molecule has 0 aliphatic carbocycles. The van der Waals surface area contributed by atoms with Crippen LogP contribution in [0.25, 0.3) is 0 Å². The zero-order chi connectivity index (χ0) is 18.0. The third-order valence-corrected chi connectivity index (χ3v) is 5.02.